The van der Waals surface area contributed by atoms with Gasteiger partial charge in [0.15, 0.2) is 16.5 Å². The largest absolute Gasteiger partial charge is 0.493 e. The lowest BCUT2D eigenvalue weighted by Crippen LogP contribution is -2.14. The van der Waals surface area contributed by atoms with Crippen molar-refractivity contribution in [3.8, 4) is 11.5 Å². The lowest BCUT2D eigenvalue weighted by Gasteiger charge is -2.13. The van der Waals surface area contributed by atoms with E-state index < -0.39 is 0 Å². The van der Waals surface area contributed by atoms with Crippen molar-refractivity contribution in [3.05, 3.63) is 71.8 Å². The second-order valence-electron chi connectivity index (χ2n) is 6.07. The van der Waals surface area contributed by atoms with Crippen LogP contribution < -0.4 is 14.8 Å². The van der Waals surface area contributed by atoms with Crippen molar-refractivity contribution < 1.29 is 14.3 Å². The molecule has 0 spiro atoms. The van der Waals surface area contributed by atoms with Crippen molar-refractivity contribution in [1.82, 2.24) is 14.4 Å². The van der Waals surface area contributed by atoms with E-state index in [0.717, 1.165) is 16.2 Å². The van der Waals surface area contributed by atoms with E-state index in [9.17, 15) is 4.79 Å². The number of amides is 1. The van der Waals surface area contributed by atoms with Crippen LogP contribution in [0.2, 0.25) is 0 Å². The number of hydrogen-bond acceptors (Lipinski definition) is 6. The van der Waals surface area contributed by atoms with E-state index in [0.29, 0.717) is 23.8 Å². The van der Waals surface area contributed by atoms with Crippen molar-refractivity contribution in [1.29, 1.82) is 0 Å². The van der Waals surface area contributed by atoms with Gasteiger partial charge in [-0.1, -0.05) is 6.07 Å². The van der Waals surface area contributed by atoms with Gasteiger partial charge in [-0.05, 0) is 18.2 Å². The van der Waals surface area contributed by atoms with Crippen LogP contribution >= 0.6 is 11.3 Å². The van der Waals surface area contributed by atoms with Gasteiger partial charge in [0.05, 0.1) is 19.2 Å². The number of ether oxygens (including phenoxy) is 2. The summed E-state index contributed by atoms with van der Waals surface area (Å²) in [6.45, 7) is 0.354. The molecule has 0 atom stereocenters. The molecule has 4 rings (SSSR count). The average molecular weight is 394 g/mol. The fourth-order valence-corrected chi connectivity index (χ4v) is 3.46. The number of carbonyl (C=O) groups excluding carboxylic acids is 1. The van der Waals surface area contributed by atoms with Gasteiger partial charge >= 0.3 is 0 Å². The first-order chi connectivity index (χ1) is 13.7. The molecule has 1 amide bonds. The molecule has 8 heteroatoms. The molecular formula is C20H18N4O3S. The molecule has 0 aliphatic carbocycles. The van der Waals surface area contributed by atoms with E-state index in [1.807, 2.05) is 34.3 Å². The number of imidazole rings is 1. The first kappa shape index (κ1) is 18.0. The van der Waals surface area contributed by atoms with E-state index in [2.05, 4.69) is 15.3 Å². The zero-order chi connectivity index (χ0) is 19.3. The molecule has 0 radical (unpaired) electrons. The maximum atomic E-state index is 12.4. The molecule has 0 bridgehead atoms. The van der Waals surface area contributed by atoms with Crippen LogP contribution in [-0.2, 0) is 17.8 Å². The first-order valence-electron chi connectivity index (χ1n) is 8.62. The number of aromatic nitrogens is 3. The summed E-state index contributed by atoms with van der Waals surface area (Å²) >= 11 is 1.53. The minimum absolute atomic E-state index is 0.144. The standard InChI is InChI=1S/C20H18N4O3S/c1-26-17-5-4-15(9-18(17)27-13-14-3-2-6-21-11-14)22-19(25)10-16-12-24-7-8-28-20(24)23-16/h2-9,11-12H,10,13H2,1H3,(H,22,25). The molecule has 4 aromatic rings. The summed E-state index contributed by atoms with van der Waals surface area (Å²) in [6, 6.07) is 9.08. The van der Waals surface area contributed by atoms with E-state index >= 15 is 0 Å². The van der Waals surface area contributed by atoms with E-state index in [-0.39, 0.29) is 12.3 Å². The average Bonchev–Trinajstić information content (AvgIpc) is 3.29. The minimum atomic E-state index is -0.144. The fourth-order valence-electron chi connectivity index (χ4n) is 2.74. The van der Waals surface area contributed by atoms with Crippen LogP contribution in [0.5, 0.6) is 11.5 Å². The lowest BCUT2D eigenvalue weighted by atomic mass is 10.2. The quantitative estimate of drug-likeness (QED) is 0.519. The summed E-state index contributed by atoms with van der Waals surface area (Å²) in [4.78, 5) is 21.8. The van der Waals surface area contributed by atoms with E-state index in [1.54, 1.807) is 37.7 Å². The second-order valence-corrected chi connectivity index (χ2v) is 6.94. The molecular weight excluding hydrogens is 376 g/mol. The number of methoxy groups -OCH3 is 1. The van der Waals surface area contributed by atoms with Crippen molar-refractivity contribution in [2.75, 3.05) is 12.4 Å². The minimum Gasteiger partial charge on any atom is -0.493 e. The molecule has 3 aromatic heterocycles. The topological polar surface area (TPSA) is 77.8 Å². The summed E-state index contributed by atoms with van der Waals surface area (Å²) in [7, 11) is 1.58. The zero-order valence-corrected chi connectivity index (χ0v) is 16.0. The molecule has 0 unspecified atom stereocenters. The number of pyridine rings is 1. The molecule has 0 fully saturated rings. The van der Waals surface area contributed by atoms with Gasteiger partial charge in [0.1, 0.15) is 6.61 Å². The Morgan fingerprint density at radius 2 is 2.21 bits per heavy atom. The Balaban J connectivity index is 1.43. The Bertz CT molecular complexity index is 1060. The second kappa shape index (κ2) is 8.10. The van der Waals surface area contributed by atoms with Crippen LogP contribution in [0.25, 0.3) is 4.96 Å². The molecule has 0 aliphatic heterocycles. The van der Waals surface area contributed by atoms with Crippen LogP contribution in [0, 0.1) is 0 Å². The Hall–Kier alpha value is -3.39. The van der Waals surface area contributed by atoms with Crippen LogP contribution in [0.3, 0.4) is 0 Å². The summed E-state index contributed by atoms with van der Waals surface area (Å²) in [5, 5.41) is 4.84. The molecule has 0 saturated heterocycles. The third-order valence-electron chi connectivity index (χ3n) is 4.05. The van der Waals surface area contributed by atoms with Gasteiger partial charge < -0.3 is 14.8 Å². The number of nitrogens with one attached hydrogen (secondary N) is 1. The molecule has 28 heavy (non-hydrogen) atoms. The SMILES string of the molecule is COc1ccc(NC(=O)Cc2cn3ccsc3n2)cc1OCc1cccnc1. The van der Waals surface area contributed by atoms with E-state index in [4.69, 9.17) is 9.47 Å². The predicted molar refractivity (Wildman–Crippen MR) is 107 cm³/mol. The highest BCUT2D eigenvalue weighted by molar-refractivity contribution is 7.15. The number of thiazole rings is 1. The number of hydrogen-bond donors (Lipinski definition) is 1. The third-order valence-corrected chi connectivity index (χ3v) is 4.82. The molecule has 0 saturated carbocycles. The van der Waals surface area contributed by atoms with Crippen molar-refractivity contribution in [2.24, 2.45) is 0 Å². The van der Waals surface area contributed by atoms with Crippen LogP contribution in [0.15, 0.2) is 60.5 Å². The van der Waals surface area contributed by atoms with Gasteiger partial charge in [-0.2, -0.15) is 0 Å². The molecule has 0 aliphatic rings. The summed E-state index contributed by atoms with van der Waals surface area (Å²) < 4.78 is 13.1. The summed E-state index contributed by atoms with van der Waals surface area (Å²) in [6.07, 6.45) is 7.44. The normalized spacial score (nSPS) is 10.8. The van der Waals surface area contributed by atoms with Gasteiger partial charge in [-0.25, -0.2) is 4.98 Å². The first-order valence-corrected chi connectivity index (χ1v) is 9.50. The number of nitrogens with zero attached hydrogens (tertiary/aromatic N) is 3. The fraction of sp³-hybridized carbons (Fsp3) is 0.150. The van der Waals surface area contributed by atoms with Gasteiger partial charge in [0.2, 0.25) is 5.91 Å². The Labute approximate surface area is 165 Å². The van der Waals surface area contributed by atoms with Crippen molar-refractivity contribution in [2.45, 2.75) is 13.0 Å². The van der Waals surface area contributed by atoms with Crippen LogP contribution in [-0.4, -0.2) is 27.4 Å². The predicted octanol–water partition coefficient (Wildman–Crippen LogP) is 3.56. The number of carbonyl (C=O) groups is 1. The van der Waals surface area contributed by atoms with Crippen LogP contribution in [0.1, 0.15) is 11.3 Å². The van der Waals surface area contributed by atoms with Crippen molar-refractivity contribution >= 4 is 27.9 Å². The van der Waals surface area contributed by atoms with Gasteiger partial charge in [0, 0.05) is 47.5 Å². The monoisotopic (exact) mass is 394 g/mol. The van der Waals surface area contributed by atoms with Gasteiger partial charge in [0.25, 0.3) is 0 Å². The number of anilines is 1. The Morgan fingerprint density at radius 1 is 1.29 bits per heavy atom. The summed E-state index contributed by atoms with van der Waals surface area (Å²) in [5.41, 5.74) is 2.30. The van der Waals surface area contributed by atoms with E-state index in [1.165, 1.54) is 11.3 Å². The highest BCUT2D eigenvalue weighted by Gasteiger charge is 2.11. The molecule has 7 nitrogen and oxygen atoms in total. The van der Waals surface area contributed by atoms with Crippen molar-refractivity contribution in [3.63, 3.8) is 0 Å². The third kappa shape index (κ3) is 4.12. The number of benzene rings is 1. The highest BCUT2D eigenvalue weighted by atomic mass is 32.1. The Morgan fingerprint density at radius 3 is 3.00 bits per heavy atom. The van der Waals surface area contributed by atoms with Gasteiger partial charge in [-0.3, -0.25) is 14.2 Å². The molecule has 142 valence electrons. The molecule has 1 N–H and O–H groups in total. The smallest absolute Gasteiger partial charge is 0.230 e. The molecule has 3 heterocycles. The maximum absolute atomic E-state index is 12.4. The van der Waals surface area contributed by atoms with Gasteiger partial charge in [-0.15, -0.1) is 11.3 Å². The summed E-state index contributed by atoms with van der Waals surface area (Å²) in [5.74, 6) is 0.997. The van der Waals surface area contributed by atoms with Crippen LogP contribution in [0.4, 0.5) is 5.69 Å². The Kier molecular flexibility index (Phi) is 5.20. The highest BCUT2D eigenvalue weighted by Crippen LogP contribution is 2.31. The number of rotatable bonds is 7. The molecule has 1 aromatic carbocycles. The zero-order valence-electron chi connectivity index (χ0n) is 15.2. The lowest BCUT2D eigenvalue weighted by molar-refractivity contribution is -0.115. The number of fused-ring (bicyclic) bond motifs is 1. The maximum Gasteiger partial charge on any atom is 0.230 e.